The molecule has 0 saturated carbocycles. The van der Waals surface area contributed by atoms with Crippen LogP contribution in [0.3, 0.4) is 0 Å². The number of nitrogens with zero attached hydrogens (tertiary/aromatic N) is 3. The first-order valence-corrected chi connectivity index (χ1v) is 15.3. The number of carbonyl (C=O) groups is 3. The summed E-state index contributed by atoms with van der Waals surface area (Å²) in [6.07, 6.45) is -4.06. The maximum absolute atomic E-state index is 12.9. The molecule has 0 bridgehead atoms. The Balaban J connectivity index is 0.000000392. The van der Waals surface area contributed by atoms with E-state index >= 15 is 0 Å². The number of aliphatic carboxylic acids is 2. The van der Waals surface area contributed by atoms with E-state index in [1.165, 1.54) is 24.0 Å². The number of piperidine rings is 2. The van der Waals surface area contributed by atoms with Crippen LogP contribution in [-0.2, 0) is 22.7 Å². The molecule has 1 aromatic heterocycles. The van der Waals surface area contributed by atoms with Crippen LogP contribution in [0, 0.1) is 5.41 Å². The SMILES string of the molecule is O=C(O)C(F)(F)F.O=C(O)C(F)(F)F.O=C(c1ccnc(Cl)c1)N1CCC2(CCN(Cc3ccccc3OCc3ccccc3)CC2)CC1. The number of hydrogen-bond acceptors (Lipinski definition) is 6. The highest BCUT2D eigenvalue weighted by Gasteiger charge is 2.40. The Labute approximate surface area is 283 Å². The third-order valence-corrected chi connectivity index (χ3v) is 8.30. The second-order valence-corrected chi connectivity index (χ2v) is 11.8. The Kier molecular flexibility index (Phi) is 13.8. The first kappa shape index (κ1) is 39.1. The molecule has 49 heavy (non-hydrogen) atoms. The highest BCUT2D eigenvalue weighted by atomic mass is 35.5. The van der Waals surface area contributed by atoms with Gasteiger partial charge in [-0.1, -0.05) is 60.1 Å². The average molecular weight is 718 g/mol. The van der Waals surface area contributed by atoms with E-state index in [9.17, 15) is 31.1 Å². The van der Waals surface area contributed by atoms with Gasteiger partial charge in [0.2, 0.25) is 0 Å². The summed E-state index contributed by atoms with van der Waals surface area (Å²) in [5.41, 5.74) is 3.41. The molecule has 5 rings (SSSR count). The maximum atomic E-state index is 12.9. The lowest BCUT2D eigenvalue weighted by molar-refractivity contribution is -0.193. The zero-order valence-corrected chi connectivity index (χ0v) is 26.8. The van der Waals surface area contributed by atoms with Crippen molar-refractivity contribution < 1.29 is 55.7 Å². The lowest BCUT2D eigenvalue weighted by atomic mass is 9.71. The van der Waals surface area contributed by atoms with E-state index in [-0.39, 0.29) is 5.91 Å². The lowest BCUT2D eigenvalue weighted by Crippen LogP contribution is -2.48. The van der Waals surface area contributed by atoms with E-state index in [1.807, 2.05) is 29.2 Å². The number of hydrogen-bond donors (Lipinski definition) is 2. The second kappa shape index (κ2) is 17.3. The molecule has 0 radical (unpaired) electrons. The number of aromatic nitrogens is 1. The van der Waals surface area contributed by atoms with Crippen LogP contribution >= 0.6 is 11.6 Å². The third kappa shape index (κ3) is 12.5. The van der Waals surface area contributed by atoms with Gasteiger partial charge in [0.15, 0.2) is 0 Å². The molecule has 3 heterocycles. The largest absolute Gasteiger partial charge is 0.490 e. The van der Waals surface area contributed by atoms with Crippen LogP contribution in [0.5, 0.6) is 5.75 Å². The van der Waals surface area contributed by atoms with Crippen LogP contribution in [-0.4, -0.2) is 81.4 Å². The molecule has 1 amide bonds. The van der Waals surface area contributed by atoms with Crippen molar-refractivity contribution in [3.63, 3.8) is 0 Å². The van der Waals surface area contributed by atoms with Gasteiger partial charge in [0.05, 0.1) is 0 Å². The van der Waals surface area contributed by atoms with Gasteiger partial charge < -0.3 is 19.8 Å². The zero-order chi connectivity index (χ0) is 36.2. The summed E-state index contributed by atoms with van der Waals surface area (Å²) in [6, 6.07) is 22.1. The molecule has 3 aromatic rings. The van der Waals surface area contributed by atoms with Crippen molar-refractivity contribution >= 4 is 29.4 Å². The van der Waals surface area contributed by atoms with E-state index in [4.69, 9.17) is 36.1 Å². The van der Waals surface area contributed by atoms with Crippen molar-refractivity contribution in [2.24, 2.45) is 5.41 Å². The first-order valence-electron chi connectivity index (χ1n) is 15.0. The molecule has 2 aliphatic heterocycles. The number of carbonyl (C=O) groups excluding carboxylic acids is 1. The van der Waals surface area contributed by atoms with Crippen molar-refractivity contribution in [1.82, 2.24) is 14.8 Å². The number of ether oxygens (including phenoxy) is 1. The van der Waals surface area contributed by atoms with Crippen LogP contribution in [0.15, 0.2) is 72.9 Å². The number of alkyl halides is 6. The van der Waals surface area contributed by atoms with E-state index in [2.05, 4.69) is 40.2 Å². The summed E-state index contributed by atoms with van der Waals surface area (Å²) in [6.45, 7) is 5.29. The minimum atomic E-state index is -5.08. The van der Waals surface area contributed by atoms with Crippen molar-refractivity contribution in [3.05, 3.63) is 94.8 Å². The van der Waals surface area contributed by atoms with Crippen molar-refractivity contribution in [1.29, 1.82) is 0 Å². The molecule has 0 unspecified atom stereocenters. The summed E-state index contributed by atoms with van der Waals surface area (Å²) in [5, 5.41) is 14.6. The molecule has 9 nitrogen and oxygen atoms in total. The number of rotatable bonds is 6. The number of para-hydroxylation sites is 1. The summed E-state index contributed by atoms with van der Waals surface area (Å²) in [5.74, 6) is -4.48. The van der Waals surface area contributed by atoms with Crippen LogP contribution in [0.2, 0.25) is 5.15 Å². The van der Waals surface area contributed by atoms with Crippen molar-refractivity contribution in [2.75, 3.05) is 26.2 Å². The van der Waals surface area contributed by atoms with Gasteiger partial charge in [-0.15, -0.1) is 0 Å². The highest BCUT2D eigenvalue weighted by molar-refractivity contribution is 6.29. The van der Waals surface area contributed by atoms with Gasteiger partial charge in [-0.2, -0.15) is 26.3 Å². The van der Waals surface area contributed by atoms with Crippen molar-refractivity contribution in [3.8, 4) is 5.75 Å². The fourth-order valence-electron chi connectivity index (χ4n) is 5.34. The molecule has 16 heteroatoms. The van der Waals surface area contributed by atoms with Crippen LogP contribution in [0.25, 0.3) is 0 Å². The van der Waals surface area contributed by atoms with Gasteiger partial charge in [-0.25, -0.2) is 14.6 Å². The molecule has 2 fully saturated rings. The Bertz CT molecular complexity index is 1520. The van der Waals surface area contributed by atoms with Gasteiger partial charge in [0.1, 0.15) is 17.5 Å². The summed E-state index contributed by atoms with van der Waals surface area (Å²) < 4.78 is 69.6. The van der Waals surface area contributed by atoms with Gasteiger partial charge in [-0.3, -0.25) is 9.69 Å². The Morgan fingerprint density at radius 1 is 0.796 bits per heavy atom. The normalized spacial score (nSPS) is 16.0. The maximum Gasteiger partial charge on any atom is 0.490 e. The molecule has 1 spiro atoms. The van der Waals surface area contributed by atoms with Gasteiger partial charge in [0.25, 0.3) is 5.91 Å². The minimum absolute atomic E-state index is 0.0636. The highest BCUT2D eigenvalue weighted by Crippen LogP contribution is 2.42. The smallest absolute Gasteiger partial charge is 0.489 e. The molecule has 0 aliphatic carbocycles. The third-order valence-electron chi connectivity index (χ3n) is 8.09. The Hall–Kier alpha value is -4.37. The molecule has 2 saturated heterocycles. The number of pyridine rings is 1. The first-order chi connectivity index (χ1) is 23.0. The predicted molar refractivity (Wildman–Crippen MR) is 166 cm³/mol. The number of benzene rings is 2. The predicted octanol–water partition coefficient (Wildman–Crippen LogP) is 7.10. The van der Waals surface area contributed by atoms with E-state index in [0.717, 1.165) is 51.3 Å². The molecular formula is C33H34ClF6N3O6. The quantitative estimate of drug-likeness (QED) is 0.205. The van der Waals surface area contributed by atoms with Gasteiger partial charge in [0, 0.05) is 37.0 Å². The number of halogens is 7. The Morgan fingerprint density at radius 3 is 1.84 bits per heavy atom. The topological polar surface area (TPSA) is 120 Å². The number of carboxylic acids is 2. The van der Waals surface area contributed by atoms with E-state index in [1.54, 1.807) is 18.3 Å². The fraction of sp³-hybridized carbons (Fsp3) is 0.394. The van der Waals surface area contributed by atoms with Crippen molar-refractivity contribution in [2.45, 2.75) is 51.2 Å². The fourth-order valence-corrected chi connectivity index (χ4v) is 5.51. The summed E-state index contributed by atoms with van der Waals surface area (Å²) >= 11 is 5.98. The zero-order valence-electron chi connectivity index (χ0n) is 26.0. The molecule has 2 aliphatic rings. The molecule has 2 N–H and O–H groups in total. The molecule has 2 aromatic carbocycles. The second-order valence-electron chi connectivity index (χ2n) is 11.4. The number of likely N-dealkylation sites (tertiary alicyclic amines) is 2. The molecular weight excluding hydrogens is 684 g/mol. The molecule has 266 valence electrons. The van der Waals surface area contributed by atoms with E-state index in [0.29, 0.717) is 22.7 Å². The van der Waals surface area contributed by atoms with Crippen LogP contribution < -0.4 is 4.74 Å². The number of amides is 1. The van der Waals surface area contributed by atoms with Crippen LogP contribution in [0.4, 0.5) is 26.3 Å². The standard InChI is InChI=1S/C29H32ClN3O2.2C2HF3O2/c30-27-20-24(10-15-31-27)28(34)33-18-13-29(14-19-33)11-16-32(17-12-29)21-25-8-4-5-9-26(25)35-22-23-6-2-1-3-7-23;2*3-2(4,5)1(6)7/h1-10,15,20H,11-14,16-19,21-22H2;2*(H,6,7). The summed E-state index contributed by atoms with van der Waals surface area (Å²) in [4.78, 5) is 39.2. The Morgan fingerprint density at radius 2 is 1.31 bits per heavy atom. The van der Waals surface area contributed by atoms with Gasteiger partial charge >= 0.3 is 24.3 Å². The number of carboxylic acid groups (broad SMARTS) is 2. The van der Waals surface area contributed by atoms with Gasteiger partial charge in [-0.05, 0) is 68.0 Å². The monoisotopic (exact) mass is 717 g/mol. The van der Waals surface area contributed by atoms with E-state index < -0.39 is 24.3 Å². The lowest BCUT2D eigenvalue weighted by Gasteiger charge is -2.47. The minimum Gasteiger partial charge on any atom is -0.489 e. The average Bonchev–Trinajstić information content (AvgIpc) is 3.06. The summed E-state index contributed by atoms with van der Waals surface area (Å²) in [7, 11) is 0. The van der Waals surface area contributed by atoms with Crippen LogP contribution in [0.1, 0.15) is 47.2 Å². The molecule has 0 atom stereocenters.